The molecule has 40 heavy (non-hydrogen) atoms. The fourth-order valence-electron chi connectivity index (χ4n) is 5.95. The van der Waals surface area contributed by atoms with Crippen LogP contribution in [-0.2, 0) is 13.1 Å². The maximum Gasteiger partial charge on any atom is 0.407 e. The molecule has 1 amide bonds. The van der Waals surface area contributed by atoms with Gasteiger partial charge in [0.15, 0.2) is 11.5 Å². The van der Waals surface area contributed by atoms with Crippen molar-refractivity contribution in [2.75, 3.05) is 26.3 Å². The molecule has 3 heterocycles. The van der Waals surface area contributed by atoms with Gasteiger partial charge in [0.05, 0.1) is 10.5 Å². The molecule has 3 aromatic rings. The second-order valence-electron chi connectivity index (χ2n) is 11.6. The molecule has 1 saturated heterocycles. The van der Waals surface area contributed by atoms with E-state index in [1.54, 1.807) is 21.6 Å². The summed E-state index contributed by atoms with van der Waals surface area (Å²) in [5, 5.41) is 11.9. The Morgan fingerprint density at radius 3 is 2.52 bits per heavy atom. The maximum atomic E-state index is 12.9. The predicted molar refractivity (Wildman–Crippen MR) is 157 cm³/mol. The van der Waals surface area contributed by atoms with Gasteiger partial charge < -0.3 is 24.0 Å². The second kappa shape index (κ2) is 11.5. The Labute approximate surface area is 244 Å². The van der Waals surface area contributed by atoms with Crippen LogP contribution in [0.4, 0.5) is 4.79 Å². The van der Waals surface area contributed by atoms with Crippen LogP contribution in [0.25, 0.3) is 10.9 Å². The monoisotopic (exact) mass is 587 g/mol. The van der Waals surface area contributed by atoms with E-state index in [2.05, 4.69) is 25.7 Å². The molecule has 1 aromatic heterocycles. The molecule has 0 saturated carbocycles. The first-order valence-electron chi connectivity index (χ1n) is 13.6. The van der Waals surface area contributed by atoms with Crippen LogP contribution in [0.5, 0.6) is 11.5 Å². The Morgan fingerprint density at radius 1 is 1.05 bits per heavy atom. The van der Waals surface area contributed by atoms with Crippen LogP contribution >= 0.6 is 23.2 Å². The van der Waals surface area contributed by atoms with Gasteiger partial charge in [-0.2, -0.15) is 0 Å². The zero-order valence-electron chi connectivity index (χ0n) is 23.0. The van der Waals surface area contributed by atoms with Crippen LogP contribution in [0.15, 0.2) is 47.3 Å². The summed E-state index contributed by atoms with van der Waals surface area (Å²) in [5.74, 6) is 1.34. The van der Waals surface area contributed by atoms with Crippen molar-refractivity contribution in [1.82, 2.24) is 14.4 Å². The standard InChI is InChI=1S/C30H35Cl2N3O5/c1-30(2,3)27-16-21(35(29(37)38)18-19-4-7-25-26(14-19)40-13-12-39-25)8-9-33(27)10-11-34-24-15-20(31)5-6-22(24)23(32)17-28(34)36/h4-7,14-15,17,21,27H,8-13,16,18H2,1-3H3,(H,37,38). The summed E-state index contributed by atoms with van der Waals surface area (Å²) in [6.45, 7) is 9.66. The Bertz CT molecular complexity index is 1470. The van der Waals surface area contributed by atoms with Gasteiger partial charge in [0.25, 0.3) is 5.56 Å². The Kier molecular flexibility index (Phi) is 8.22. The molecule has 214 valence electrons. The molecule has 0 spiro atoms. The maximum absolute atomic E-state index is 12.9. The van der Waals surface area contributed by atoms with Gasteiger partial charge in [-0.05, 0) is 54.2 Å². The largest absolute Gasteiger partial charge is 0.486 e. The summed E-state index contributed by atoms with van der Waals surface area (Å²) in [6.07, 6.45) is 0.464. The van der Waals surface area contributed by atoms with Crippen LogP contribution in [0.3, 0.4) is 0 Å². The molecule has 1 fully saturated rings. The third-order valence-corrected chi connectivity index (χ3v) is 8.51. The van der Waals surface area contributed by atoms with Crippen LogP contribution < -0.4 is 15.0 Å². The van der Waals surface area contributed by atoms with Gasteiger partial charge in [0, 0.05) is 54.7 Å². The van der Waals surface area contributed by atoms with E-state index in [9.17, 15) is 14.7 Å². The lowest BCUT2D eigenvalue weighted by atomic mass is 9.78. The number of aromatic nitrogens is 1. The van der Waals surface area contributed by atoms with Crippen LogP contribution in [0.1, 0.15) is 39.2 Å². The molecule has 2 unspecified atom stereocenters. The highest BCUT2D eigenvalue weighted by atomic mass is 35.5. The highest BCUT2D eigenvalue weighted by Gasteiger charge is 2.39. The van der Waals surface area contributed by atoms with Crippen molar-refractivity contribution in [3.63, 3.8) is 0 Å². The molecule has 10 heteroatoms. The fourth-order valence-corrected chi connectivity index (χ4v) is 6.37. The number of piperidine rings is 1. The van der Waals surface area contributed by atoms with E-state index in [0.29, 0.717) is 66.2 Å². The second-order valence-corrected chi connectivity index (χ2v) is 12.5. The van der Waals surface area contributed by atoms with Crippen LogP contribution in [0.2, 0.25) is 10.0 Å². The van der Waals surface area contributed by atoms with Crippen molar-refractivity contribution in [3.05, 3.63) is 68.4 Å². The molecule has 1 N–H and O–H groups in total. The van der Waals surface area contributed by atoms with E-state index in [-0.39, 0.29) is 29.6 Å². The molecule has 2 aliphatic rings. The minimum Gasteiger partial charge on any atom is -0.486 e. The van der Waals surface area contributed by atoms with Gasteiger partial charge in [-0.25, -0.2) is 4.79 Å². The Morgan fingerprint density at radius 2 is 1.80 bits per heavy atom. The number of ether oxygens (including phenoxy) is 2. The van der Waals surface area contributed by atoms with Crippen LogP contribution in [-0.4, -0.2) is 64.0 Å². The number of carboxylic acid groups (broad SMARTS) is 1. The molecule has 2 aliphatic heterocycles. The first-order chi connectivity index (χ1) is 19.0. The van der Waals surface area contributed by atoms with Gasteiger partial charge >= 0.3 is 6.09 Å². The quantitative estimate of drug-likeness (QED) is 0.373. The van der Waals surface area contributed by atoms with Gasteiger partial charge in [-0.1, -0.05) is 50.0 Å². The van der Waals surface area contributed by atoms with E-state index < -0.39 is 6.09 Å². The molecule has 0 aliphatic carbocycles. The first kappa shape index (κ1) is 28.6. The number of nitrogens with zero attached hydrogens (tertiary/aromatic N) is 3. The number of hydrogen-bond donors (Lipinski definition) is 1. The zero-order valence-corrected chi connectivity index (χ0v) is 24.5. The Hall–Kier alpha value is -2.94. The number of pyridine rings is 1. The third kappa shape index (κ3) is 6.04. The van der Waals surface area contributed by atoms with Crippen molar-refractivity contribution in [3.8, 4) is 11.5 Å². The van der Waals surface area contributed by atoms with Crippen molar-refractivity contribution in [2.45, 2.75) is 58.8 Å². The molecule has 2 aromatic carbocycles. The highest BCUT2D eigenvalue weighted by molar-refractivity contribution is 6.36. The van der Waals surface area contributed by atoms with E-state index in [4.69, 9.17) is 32.7 Å². The van der Waals surface area contributed by atoms with E-state index >= 15 is 0 Å². The lowest BCUT2D eigenvalue weighted by Gasteiger charge is -2.48. The van der Waals surface area contributed by atoms with Gasteiger partial charge in [-0.3, -0.25) is 9.69 Å². The lowest BCUT2D eigenvalue weighted by Crippen LogP contribution is -2.55. The number of fused-ring (bicyclic) bond motifs is 2. The smallest absolute Gasteiger partial charge is 0.407 e. The normalized spacial score (nSPS) is 19.5. The molecule has 0 bridgehead atoms. The van der Waals surface area contributed by atoms with E-state index in [1.807, 2.05) is 24.3 Å². The lowest BCUT2D eigenvalue weighted by molar-refractivity contribution is 0.0131. The van der Waals surface area contributed by atoms with Crippen molar-refractivity contribution in [1.29, 1.82) is 0 Å². The molecular weight excluding hydrogens is 553 g/mol. The number of rotatable bonds is 6. The van der Waals surface area contributed by atoms with Crippen molar-refractivity contribution < 1.29 is 19.4 Å². The Balaban J connectivity index is 1.34. The number of carbonyl (C=O) groups is 1. The van der Waals surface area contributed by atoms with E-state index in [0.717, 1.165) is 17.5 Å². The number of halogens is 2. The number of benzene rings is 2. The van der Waals surface area contributed by atoms with Crippen LogP contribution in [0, 0.1) is 5.41 Å². The van der Waals surface area contributed by atoms with Gasteiger partial charge in [-0.15, -0.1) is 0 Å². The number of likely N-dealkylation sites (tertiary alicyclic amines) is 1. The van der Waals surface area contributed by atoms with Crippen molar-refractivity contribution >= 4 is 40.2 Å². The summed E-state index contributed by atoms with van der Waals surface area (Å²) < 4.78 is 13.0. The average Bonchev–Trinajstić information content (AvgIpc) is 2.90. The minimum atomic E-state index is -0.933. The molecular formula is C30H35Cl2N3O5. The van der Waals surface area contributed by atoms with Crippen molar-refractivity contribution in [2.24, 2.45) is 5.41 Å². The van der Waals surface area contributed by atoms with Gasteiger partial charge in [0.1, 0.15) is 13.2 Å². The molecule has 0 radical (unpaired) electrons. The highest BCUT2D eigenvalue weighted by Crippen LogP contribution is 2.36. The zero-order chi connectivity index (χ0) is 28.6. The SMILES string of the molecule is CC(C)(C)C1CC(N(Cc2ccc3c(c2)OCCO3)C(=O)O)CCN1CCn1c(=O)cc(Cl)c2ccc(Cl)cc21. The summed E-state index contributed by atoms with van der Waals surface area (Å²) in [6, 6.07) is 12.4. The molecule has 5 rings (SSSR count). The molecule has 8 nitrogen and oxygen atoms in total. The average molecular weight is 589 g/mol. The molecule has 2 atom stereocenters. The summed E-state index contributed by atoms with van der Waals surface area (Å²) in [5.41, 5.74) is 1.31. The first-order valence-corrected chi connectivity index (χ1v) is 14.4. The number of amides is 1. The summed E-state index contributed by atoms with van der Waals surface area (Å²) in [4.78, 5) is 29.3. The summed E-state index contributed by atoms with van der Waals surface area (Å²) >= 11 is 12.6. The van der Waals surface area contributed by atoms with E-state index in [1.165, 1.54) is 6.07 Å². The number of hydrogen-bond acceptors (Lipinski definition) is 5. The predicted octanol–water partition coefficient (Wildman–Crippen LogP) is 6.14. The topological polar surface area (TPSA) is 84.2 Å². The fraction of sp³-hybridized carbons (Fsp3) is 0.467. The van der Waals surface area contributed by atoms with Gasteiger partial charge in [0.2, 0.25) is 0 Å². The summed E-state index contributed by atoms with van der Waals surface area (Å²) in [7, 11) is 0. The minimum absolute atomic E-state index is 0.101. The third-order valence-electron chi connectivity index (χ3n) is 7.97.